The SMILES string of the molecule is CNC(c1csc(Br)c1)c1c(C)cc(C)cc1C. The molecule has 1 aromatic heterocycles. The Bertz CT molecular complexity index is 536. The third-order valence-electron chi connectivity index (χ3n) is 3.24. The second kappa shape index (κ2) is 5.55. The molecule has 0 fully saturated rings. The first-order valence-electron chi connectivity index (χ1n) is 6.02. The fraction of sp³-hybridized carbons (Fsp3) is 0.333. The molecule has 0 aliphatic carbocycles. The number of thiophene rings is 1. The van der Waals surface area contributed by atoms with Gasteiger partial charge in [0.15, 0.2) is 0 Å². The van der Waals surface area contributed by atoms with Crippen LogP contribution in [-0.4, -0.2) is 7.05 Å². The molecular formula is C15H18BrNS. The van der Waals surface area contributed by atoms with E-state index in [1.807, 2.05) is 7.05 Å². The molecule has 1 unspecified atom stereocenters. The van der Waals surface area contributed by atoms with Crippen LogP contribution in [0, 0.1) is 20.8 Å². The lowest BCUT2D eigenvalue weighted by Gasteiger charge is -2.21. The summed E-state index contributed by atoms with van der Waals surface area (Å²) < 4.78 is 1.18. The summed E-state index contributed by atoms with van der Waals surface area (Å²) >= 11 is 5.28. The zero-order valence-electron chi connectivity index (χ0n) is 11.2. The van der Waals surface area contributed by atoms with Gasteiger partial charge in [0.1, 0.15) is 0 Å². The van der Waals surface area contributed by atoms with Gasteiger partial charge in [-0.05, 0) is 77.4 Å². The van der Waals surface area contributed by atoms with Crippen LogP contribution < -0.4 is 5.32 Å². The van der Waals surface area contributed by atoms with Crippen LogP contribution in [-0.2, 0) is 0 Å². The maximum atomic E-state index is 3.54. The quantitative estimate of drug-likeness (QED) is 0.859. The van der Waals surface area contributed by atoms with Crippen LogP contribution in [0.2, 0.25) is 0 Å². The summed E-state index contributed by atoms with van der Waals surface area (Å²) in [6.45, 7) is 6.54. The minimum Gasteiger partial charge on any atom is -0.309 e. The Morgan fingerprint density at radius 3 is 2.17 bits per heavy atom. The summed E-state index contributed by atoms with van der Waals surface area (Å²) in [4.78, 5) is 0. The molecule has 1 aromatic carbocycles. The zero-order valence-corrected chi connectivity index (χ0v) is 13.6. The molecule has 2 rings (SSSR count). The highest BCUT2D eigenvalue weighted by atomic mass is 79.9. The Labute approximate surface area is 121 Å². The normalized spacial score (nSPS) is 12.7. The van der Waals surface area contributed by atoms with E-state index in [0.29, 0.717) is 0 Å². The van der Waals surface area contributed by atoms with Crippen molar-refractivity contribution < 1.29 is 0 Å². The van der Waals surface area contributed by atoms with Crippen LogP contribution >= 0.6 is 27.3 Å². The van der Waals surface area contributed by atoms with Crippen molar-refractivity contribution in [2.24, 2.45) is 0 Å². The van der Waals surface area contributed by atoms with E-state index in [2.05, 4.69) is 65.6 Å². The lowest BCUT2D eigenvalue weighted by Crippen LogP contribution is -2.19. The van der Waals surface area contributed by atoms with Crippen LogP contribution in [0.5, 0.6) is 0 Å². The van der Waals surface area contributed by atoms with Crippen LogP contribution in [0.15, 0.2) is 27.4 Å². The van der Waals surface area contributed by atoms with E-state index in [1.165, 1.54) is 31.6 Å². The molecule has 1 N–H and O–H groups in total. The molecule has 2 aromatic rings. The van der Waals surface area contributed by atoms with Crippen molar-refractivity contribution in [3.63, 3.8) is 0 Å². The number of rotatable bonds is 3. The van der Waals surface area contributed by atoms with Gasteiger partial charge in [0.05, 0.1) is 9.83 Å². The molecule has 18 heavy (non-hydrogen) atoms. The fourth-order valence-corrected chi connectivity index (χ4v) is 3.80. The minimum atomic E-state index is 0.271. The molecule has 0 aliphatic rings. The van der Waals surface area contributed by atoms with Gasteiger partial charge >= 0.3 is 0 Å². The highest BCUT2D eigenvalue weighted by Gasteiger charge is 2.17. The van der Waals surface area contributed by atoms with E-state index in [4.69, 9.17) is 0 Å². The Kier molecular flexibility index (Phi) is 4.25. The molecule has 96 valence electrons. The summed E-state index contributed by atoms with van der Waals surface area (Å²) in [6, 6.07) is 6.99. The van der Waals surface area contributed by atoms with Crippen molar-refractivity contribution in [2.75, 3.05) is 7.05 Å². The number of nitrogens with one attached hydrogen (secondary N) is 1. The fourth-order valence-electron chi connectivity index (χ4n) is 2.60. The summed E-state index contributed by atoms with van der Waals surface area (Å²) in [6.07, 6.45) is 0. The molecule has 0 spiro atoms. The van der Waals surface area contributed by atoms with Crippen LogP contribution in [0.25, 0.3) is 0 Å². The van der Waals surface area contributed by atoms with Gasteiger partial charge in [-0.25, -0.2) is 0 Å². The Morgan fingerprint density at radius 2 is 1.72 bits per heavy atom. The van der Waals surface area contributed by atoms with E-state index < -0.39 is 0 Å². The molecule has 0 bridgehead atoms. The van der Waals surface area contributed by atoms with Crippen LogP contribution in [0.3, 0.4) is 0 Å². The number of benzene rings is 1. The minimum absolute atomic E-state index is 0.271. The van der Waals surface area contributed by atoms with Gasteiger partial charge in [0, 0.05) is 0 Å². The van der Waals surface area contributed by atoms with Gasteiger partial charge in [0.25, 0.3) is 0 Å². The molecule has 0 saturated heterocycles. The van der Waals surface area contributed by atoms with Gasteiger partial charge < -0.3 is 5.32 Å². The average molecular weight is 324 g/mol. The summed E-state index contributed by atoms with van der Waals surface area (Å²) in [5, 5.41) is 5.65. The van der Waals surface area contributed by atoms with Gasteiger partial charge in [0.2, 0.25) is 0 Å². The van der Waals surface area contributed by atoms with E-state index in [9.17, 15) is 0 Å². The largest absolute Gasteiger partial charge is 0.309 e. The zero-order chi connectivity index (χ0) is 13.3. The summed E-state index contributed by atoms with van der Waals surface area (Å²) in [5.74, 6) is 0. The molecule has 0 amide bonds. The summed E-state index contributed by atoms with van der Waals surface area (Å²) in [7, 11) is 2.02. The second-order valence-corrected chi connectivity index (χ2v) is 7.01. The predicted molar refractivity (Wildman–Crippen MR) is 83.6 cm³/mol. The molecule has 0 aliphatic heterocycles. The highest BCUT2D eigenvalue weighted by Crippen LogP contribution is 2.32. The maximum Gasteiger partial charge on any atom is 0.0701 e. The van der Waals surface area contributed by atoms with Gasteiger partial charge in [-0.3, -0.25) is 0 Å². The Balaban J connectivity index is 2.51. The third-order valence-corrected chi connectivity index (χ3v) is 4.76. The van der Waals surface area contributed by atoms with Crippen molar-refractivity contribution in [3.05, 3.63) is 55.2 Å². The molecule has 1 heterocycles. The van der Waals surface area contributed by atoms with Crippen LogP contribution in [0.4, 0.5) is 0 Å². The topological polar surface area (TPSA) is 12.0 Å². The van der Waals surface area contributed by atoms with E-state index >= 15 is 0 Å². The lowest BCUT2D eigenvalue weighted by molar-refractivity contribution is 0.685. The maximum absolute atomic E-state index is 3.54. The second-order valence-electron chi connectivity index (χ2n) is 4.72. The lowest BCUT2D eigenvalue weighted by atomic mass is 9.91. The van der Waals surface area contributed by atoms with Crippen LogP contribution in [0.1, 0.15) is 33.9 Å². The van der Waals surface area contributed by atoms with E-state index in [-0.39, 0.29) is 6.04 Å². The van der Waals surface area contributed by atoms with Crippen molar-refractivity contribution in [3.8, 4) is 0 Å². The first kappa shape index (κ1) is 13.8. The van der Waals surface area contributed by atoms with Gasteiger partial charge in [-0.2, -0.15) is 0 Å². The van der Waals surface area contributed by atoms with Crippen molar-refractivity contribution in [1.82, 2.24) is 5.32 Å². The highest BCUT2D eigenvalue weighted by molar-refractivity contribution is 9.11. The Hall–Kier alpha value is -0.640. The van der Waals surface area contributed by atoms with Crippen molar-refractivity contribution >= 4 is 27.3 Å². The van der Waals surface area contributed by atoms with E-state index in [1.54, 1.807) is 11.3 Å². The number of halogens is 1. The average Bonchev–Trinajstić information content (AvgIpc) is 2.69. The van der Waals surface area contributed by atoms with Crippen molar-refractivity contribution in [2.45, 2.75) is 26.8 Å². The first-order chi connectivity index (χ1) is 8.52. The third kappa shape index (κ3) is 2.68. The van der Waals surface area contributed by atoms with Crippen molar-refractivity contribution in [1.29, 1.82) is 0 Å². The molecule has 1 nitrogen and oxygen atoms in total. The van der Waals surface area contributed by atoms with Gasteiger partial charge in [-0.1, -0.05) is 17.7 Å². The molecule has 1 atom stereocenters. The standard InChI is InChI=1S/C15H18BrNS/c1-9-5-10(2)14(11(3)6-9)15(17-4)12-7-13(16)18-8-12/h5-8,15,17H,1-4H3. The number of hydrogen-bond donors (Lipinski definition) is 1. The predicted octanol–water partition coefficient (Wildman–Crippen LogP) is 4.74. The number of hydrogen-bond acceptors (Lipinski definition) is 2. The molecule has 0 radical (unpaired) electrons. The van der Waals surface area contributed by atoms with E-state index in [0.717, 1.165) is 0 Å². The first-order valence-corrected chi connectivity index (χ1v) is 7.69. The molecular weight excluding hydrogens is 306 g/mol. The summed E-state index contributed by atoms with van der Waals surface area (Å²) in [5.41, 5.74) is 6.76. The number of aryl methyl sites for hydroxylation is 3. The monoisotopic (exact) mass is 323 g/mol. The Morgan fingerprint density at radius 1 is 1.11 bits per heavy atom. The smallest absolute Gasteiger partial charge is 0.0701 e. The van der Waals surface area contributed by atoms with Gasteiger partial charge in [-0.15, -0.1) is 11.3 Å². The molecule has 0 saturated carbocycles. The molecule has 3 heteroatoms.